The zero-order chi connectivity index (χ0) is 15.5. The standard InChI is InChI=1S/C14H21BrN2O3S/c1-17-6-2-3-12(9-17)8-16-21(19,20)14-5-4-11(10-18)7-13(14)15/h4-5,7,12,16,18H,2-3,6,8-10H2,1H3. The van der Waals surface area contributed by atoms with Crippen molar-refractivity contribution in [1.29, 1.82) is 0 Å². The minimum Gasteiger partial charge on any atom is -0.392 e. The van der Waals surface area contributed by atoms with E-state index in [4.69, 9.17) is 5.11 Å². The van der Waals surface area contributed by atoms with Crippen LogP contribution in [0.5, 0.6) is 0 Å². The van der Waals surface area contributed by atoms with Gasteiger partial charge in [-0.2, -0.15) is 0 Å². The number of aliphatic hydroxyl groups is 1. The Bertz CT molecular complexity index is 592. The van der Waals surface area contributed by atoms with Gasteiger partial charge in [0.1, 0.15) is 0 Å². The van der Waals surface area contributed by atoms with Crippen molar-refractivity contribution in [3.05, 3.63) is 28.2 Å². The van der Waals surface area contributed by atoms with E-state index in [0.29, 0.717) is 22.5 Å². The molecule has 0 aliphatic carbocycles. The van der Waals surface area contributed by atoms with Crippen molar-refractivity contribution in [1.82, 2.24) is 9.62 Å². The van der Waals surface area contributed by atoms with Crippen LogP contribution in [0, 0.1) is 5.92 Å². The van der Waals surface area contributed by atoms with E-state index in [1.165, 1.54) is 6.07 Å². The number of nitrogens with zero attached hydrogens (tertiary/aromatic N) is 1. The second kappa shape index (κ2) is 7.19. The van der Waals surface area contributed by atoms with Gasteiger partial charge < -0.3 is 10.0 Å². The molecule has 0 bridgehead atoms. The molecule has 0 aromatic heterocycles. The smallest absolute Gasteiger partial charge is 0.241 e. The summed E-state index contributed by atoms with van der Waals surface area (Å²) < 4.78 is 27.9. The molecule has 1 aromatic rings. The zero-order valence-corrected chi connectivity index (χ0v) is 14.5. The average molecular weight is 377 g/mol. The lowest BCUT2D eigenvalue weighted by atomic mass is 9.99. The van der Waals surface area contributed by atoms with Crippen LogP contribution in [0.15, 0.2) is 27.6 Å². The van der Waals surface area contributed by atoms with Gasteiger partial charge in [0.05, 0.1) is 11.5 Å². The van der Waals surface area contributed by atoms with Crippen molar-refractivity contribution in [3.8, 4) is 0 Å². The van der Waals surface area contributed by atoms with E-state index in [1.807, 2.05) is 0 Å². The van der Waals surface area contributed by atoms with Crippen LogP contribution in [0.25, 0.3) is 0 Å². The normalized spacial score (nSPS) is 20.6. The van der Waals surface area contributed by atoms with Crippen molar-refractivity contribution in [3.63, 3.8) is 0 Å². The van der Waals surface area contributed by atoms with Crippen LogP contribution in [-0.2, 0) is 16.6 Å². The first-order chi connectivity index (χ1) is 9.92. The van der Waals surface area contributed by atoms with Crippen LogP contribution >= 0.6 is 15.9 Å². The first kappa shape index (κ1) is 16.9. The molecule has 0 spiro atoms. The molecule has 1 aliphatic rings. The Morgan fingerprint density at radius 1 is 1.48 bits per heavy atom. The van der Waals surface area contributed by atoms with E-state index in [9.17, 15) is 8.42 Å². The maximum absolute atomic E-state index is 12.4. The van der Waals surface area contributed by atoms with Gasteiger partial charge in [-0.05, 0) is 66.0 Å². The maximum atomic E-state index is 12.4. The fourth-order valence-electron chi connectivity index (χ4n) is 2.61. The molecule has 1 fully saturated rings. The molecule has 2 rings (SSSR count). The summed E-state index contributed by atoms with van der Waals surface area (Å²) in [4.78, 5) is 2.44. The molecule has 118 valence electrons. The number of benzene rings is 1. The second-order valence-electron chi connectivity index (χ2n) is 5.55. The summed E-state index contributed by atoms with van der Waals surface area (Å²) in [5.74, 6) is 0.356. The minimum atomic E-state index is -3.53. The Kier molecular flexibility index (Phi) is 5.79. The number of nitrogens with one attached hydrogen (secondary N) is 1. The lowest BCUT2D eigenvalue weighted by Crippen LogP contribution is -2.39. The van der Waals surface area contributed by atoms with Crippen LogP contribution in [0.3, 0.4) is 0 Å². The van der Waals surface area contributed by atoms with E-state index in [-0.39, 0.29) is 11.5 Å². The molecular formula is C14H21BrN2O3S. The molecule has 21 heavy (non-hydrogen) atoms. The Morgan fingerprint density at radius 2 is 2.24 bits per heavy atom. The molecule has 1 atom stereocenters. The third kappa shape index (κ3) is 4.50. The molecule has 1 aromatic carbocycles. The molecule has 5 nitrogen and oxygen atoms in total. The van der Waals surface area contributed by atoms with Gasteiger partial charge in [0, 0.05) is 17.6 Å². The summed E-state index contributed by atoms with van der Waals surface area (Å²) in [5.41, 5.74) is 0.676. The van der Waals surface area contributed by atoms with Gasteiger partial charge in [0.2, 0.25) is 10.0 Å². The van der Waals surface area contributed by atoms with Gasteiger partial charge in [-0.15, -0.1) is 0 Å². The van der Waals surface area contributed by atoms with Crippen LogP contribution < -0.4 is 4.72 Å². The molecule has 1 aliphatic heterocycles. The quantitative estimate of drug-likeness (QED) is 0.817. The largest absolute Gasteiger partial charge is 0.392 e. The first-order valence-electron chi connectivity index (χ1n) is 7.00. The molecule has 7 heteroatoms. The predicted molar refractivity (Wildman–Crippen MR) is 85.5 cm³/mol. The first-order valence-corrected chi connectivity index (χ1v) is 9.27. The number of sulfonamides is 1. The topological polar surface area (TPSA) is 69.6 Å². The Hall–Kier alpha value is -0.470. The molecule has 0 saturated carbocycles. The third-order valence-electron chi connectivity index (χ3n) is 3.75. The van der Waals surface area contributed by atoms with Crippen molar-refractivity contribution >= 4 is 26.0 Å². The van der Waals surface area contributed by atoms with E-state index in [0.717, 1.165) is 25.9 Å². The van der Waals surface area contributed by atoms with E-state index < -0.39 is 10.0 Å². The molecule has 1 heterocycles. The number of rotatable bonds is 5. The number of halogens is 1. The number of aliphatic hydroxyl groups excluding tert-OH is 1. The third-order valence-corrected chi connectivity index (χ3v) is 6.15. The second-order valence-corrected chi connectivity index (χ2v) is 8.13. The number of likely N-dealkylation sites (tertiary alicyclic amines) is 1. The summed E-state index contributed by atoms with van der Waals surface area (Å²) >= 11 is 3.26. The van der Waals surface area contributed by atoms with Crippen molar-refractivity contribution in [2.45, 2.75) is 24.3 Å². The maximum Gasteiger partial charge on any atom is 0.241 e. The fourth-order valence-corrected chi connectivity index (χ4v) is 4.84. The molecule has 1 unspecified atom stereocenters. The fraction of sp³-hybridized carbons (Fsp3) is 0.571. The number of hydrogen-bond acceptors (Lipinski definition) is 4. The van der Waals surface area contributed by atoms with Crippen molar-refractivity contribution in [2.75, 3.05) is 26.7 Å². The highest BCUT2D eigenvalue weighted by molar-refractivity contribution is 9.10. The Balaban J connectivity index is 2.04. The predicted octanol–water partition coefficient (Wildman–Crippen LogP) is 1.56. The molecule has 0 amide bonds. The van der Waals surface area contributed by atoms with E-state index in [1.54, 1.807) is 12.1 Å². The Morgan fingerprint density at radius 3 is 2.86 bits per heavy atom. The van der Waals surface area contributed by atoms with Gasteiger partial charge in [-0.25, -0.2) is 13.1 Å². The van der Waals surface area contributed by atoms with Gasteiger partial charge >= 0.3 is 0 Å². The monoisotopic (exact) mass is 376 g/mol. The summed E-state index contributed by atoms with van der Waals surface area (Å²) in [6.45, 7) is 2.35. The number of hydrogen-bond donors (Lipinski definition) is 2. The van der Waals surface area contributed by atoms with Gasteiger partial charge in [-0.1, -0.05) is 6.07 Å². The highest BCUT2D eigenvalue weighted by atomic mass is 79.9. The van der Waals surface area contributed by atoms with Gasteiger partial charge in [0.25, 0.3) is 0 Å². The summed E-state index contributed by atoms with van der Waals surface area (Å²) in [7, 11) is -1.47. The SMILES string of the molecule is CN1CCCC(CNS(=O)(=O)c2ccc(CO)cc2Br)C1. The highest BCUT2D eigenvalue weighted by Gasteiger charge is 2.22. The number of piperidine rings is 1. The van der Waals surface area contributed by atoms with Crippen LogP contribution in [0.2, 0.25) is 0 Å². The highest BCUT2D eigenvalue weighted by Crippen LogP contribution is 2.24. The minimum absolute atomic E-state index is 0.110. The summed E-state index contributed by atoms with van der Waals surface area (Å²) in [6, 6.07) is 4.77. The lowest BCUT2D eigenvalue weighted by Gasteiger charge is -2.29. The lowest BCUT2D eigenvalue weighted by molar-refractivity contribution is 0.211. The summed E-state index contributed by atoms with van der Waals surface area (Å²) in [6.07, 6.45) is 2.16. The molecule has 0 radical (unpaired) electrons. The Labute approximate surface area is 134 Å². The van der Waals surface area contributed by atoms with Crippen molar-refractivity contribution in [2.24, 2.45) is 5.92 Å². The van der Waals surface area contributed by atoms with Crippen LogP contribution in [-0.4, -0.2) is 45.1 Å². The van der Waals surface area contributed by atoms with E-state index >= 15 is 0 Å². The molecular weight excluding hydrogens is 356 g/mol. The van der Waals surface area contributed by atoms with Crippen LogP contribution in [0.4, 0.5) is 0 Å². The van der Waals surface area contributed by atoms with Crippen molar-refractivity contribution < 1.29 is 13.5 Å². The molecule has 2 N–H and O–H groups in total. The van der Waals surface area contributed by atoms with E-state index in [2.05, 4.69) is 32.6 Å². The van der Waals surface area contributed by atoms with Gasteiger partial charge in [-0.3, -0.25) is 0 Å². The average Bonchev–Trinajstić information content (AvgIpc) is 2.45. The molecule has 1 saturated heterocycles. The van der Waals surface area contributed by atoms with Crippen LogP contribution in [0.1, 0.15) is 18.4 Å². The summed E-state index contributed by atoms with van der Waals surface area (Å²) in [5, 5.41) is 9.06. The van der Waals surface area contributed by atoms with Gasteiger partial charge in [0.15, 0.2) is 0 Å². The zero-order valence-electron chi connectivity index (χ0n) is 12.0.